The normalized spacial score (nSPS) is 21.7. The van der Waals surface area contributed by atoms with Crippen molar-refractivity contribution in [2.75, 3.05) is 40.4 Å². The Morgan fingerprint density at radius 2 is 1.87 bits per heavy atom. The smallest absolute Gasteiger partial charge is 0.324 e. The molecule has 1 unspecified atom stereocenters. The van der Waals surface area contributed by atoms with E-state index in [0.717, 1.165) is 63.9 Å². The zero-order valence-electron chi connectivity index (χ0n) is 38.1. The third-order valence-electron chi connectivity index (χ3n) is 13.0. The first-order chi connectivity index (χ1) is 30.1. The second-order valence-corrected chi connectivity index (χ2v) is 18.7. The number of phenolic OH excluding ortho intramolecular Hbond substituents is 1. The maximum Gasteiger partial charge on any atom is 0.324 e. The number of piperidine rings is 1. The lowest BCUT2D eigenvalue weighted by atomic mass is 9.84. The first-order valence-electron chi connectivity index (χ1n) is 22.6. The fraction of sp³-hybridized carbons (Fsp3) is 0.531. The van der Waals surface area contributed by atoms with Crippen LogP contribution >= 0.6 is 0 Å². The van der Waals surface area contributed by atoms with Gasteiger partial charge in [0, 0.05) is 68.3 Å². The number of pyridine rings is 1. The highest BCUT2D eigenvalue weighted by molar-refractivity contribution is 5.96. The summed E-state index contributed by atoms with van der Waals surface area (Å²) in [4.78, 5) is 63.0. The van der Waals surface area contributed by atoms with Crippen molar-refractivity contribution in [2.45, 2.75) is 111 Å². The molecule has 14 nitrogen and oxygen atoms in total. The number of aromatic nitrogens is 2. The van der Waals surface area contributed by atoms with Crippen molar-refractivity contribution in [3.8, 4) is 28.1 Å². The Hall–Kier alpha value is -5.31. The van der Waals surface area contributed by atoms with Crippen molar-refractivity contribution in [3.63, 3.8) is 0 Å². The van der Waals surface area contributed by atoms with Gasteiger partial charge in [0.25, 0.3) is 5.91 Å². The van der Waals surface area contributed by atoms with Crippen molar-refractivity contribution < 1.29 is 33.8 Å². The van der Waals surface area contributed by atoms with Crippen LogP contribution in [0.4, 0.5) is 0 Å². The first-order valence-corrected chi connectivity index (χ1v) is 22.6. The summed E-state index contributed by atoms with van der Waals surface area (Å²) in [6.45, 7) is 14.6. The molecule has 4 N–H and O–H groups in total. The molecule has 3 aliphatic rings. The maximum atomic E-state index is 14.7. The summed E-state index contributed by atoms with van der Waals surface area (Å²) in [5, 5.41) is 20.1. The molecule has 0 radical (unpaired) electrons. The van der Waals surface area contributed by atoms with Gasteiger partial charge in [-0.05, 0) is 117 Å². The Morgan fingerprint density at radius 1 is 1.08 bits per heavy atom. The molecule has 5 atom stereocenters. The minimum atomic E-state index is -1.10. The van der Waals surface area contributed by atoms with Crippen LogP contribution in [0.5, 0.6) is 5.75 Å². The van der Waals surface area contributed by atoms with E-state index in [1.54, 1.807) is 32.5 Å². The molecule has 6 bridgehead atoms. The lowest BCUT2D eigenvalue weighted by molar-refractivity contribution is -0.155. The maximum absolute atomic E-state index is 14.7. The molecule has 14 heteroatoms. The second kappa shape index (κ2) is 19.2. The predicted octanol–water partition coefficient (Wildman–Crippen LogP) is 5.93. The van der Waals surface area contributed by atoms with E-state index in [9.17, 15) is 24.3 Å². The summed E-state index contributed by atoms with van der Waals surface area (Å²) in [6, 6.07) is 12.9. The van der Waals surface area contributed by atoms with Gasteiger partial charge in [0.1, 0.15) is 23.9 Å². The van der Waals surface area contributed by atoms with Crippen molar-refractivity contribution in [2.24, 2.45) is 17.3 Å². The van der Waals surface area contributed by atoms with Crippen LogP contribution in [0.1, 0.15) is 90.2 Å². The van der Waals surface area contributed by atoms with Gasteiger partial charge in [-0.1, -0.05) is 39.8 Å². The molecule has 0 spiro atoms. The molecule has 4 aromatic rings. The number of hydrogen-bond acceptors (Lipinski definition) is 10. The summed E-state index contributed by atoms with van der Waals surface area (Å²) < 4.78 is 14.2. The minimum absolute atomic E-state index is 0.0154. The molecule has 5 heterocycles. The summed E-state index contributed by atoms with van der Waals surface area (Å²) >= 11 is 0. The molecule has 2 aromatic carbocycles. The molecule has 63 heavy (non-hydrogen) atoms. The number of esters is 1. The van der Waals surface area contributed by atoms with Crippen LogP contribution in [-0.2, 0) is 48.0 Å². The fourth-order valence-electron chi connectivity index (χ4n) is 9.74. The van der Waals surface area contributed by atoms with E-state index in [-0.39, 0.29) is 42.6 Å². The average Bonchev–Trinajstić information content (AvgIpc) is 3.58. The van der Waals surface area contributed by atoms with Crippen LogP contribution in [-0.4, -0.2) is 107 Å². The van der Waals surface area contributed by atoms with E-state index in [0.29, 0.717) is 44.5 Å². The molecular formula is C49H65N7O7. The standard InChI is InChI=1S/C49H65N7O7/c1-9-55-41-17-16-32-25-37(41)38(44(55)36-14-11-19-51-42(36)30(4)62-8)26-49(5,6)28-63-48(61)39-15-12-20-56(53-39)47(60)40(23-31-21-34(32)24-35(57)22-31)52-45(58)43(29(2)3)54(7)46(59)33-13-10-18-50-27-33/h11,14,16-17,19,21-22,24-25,29-30,33,39-40,43,50,53,57H,9-10,12-13,15,18,20,23,26-28H2,1-8H3,(H,52,58)/t30-,33-,39-,40-,43?/m0/s1. The molecule has 0 aliphatic carbocycles. The number of benzene rings is 2. The average molecular weight is 864 g/mol. The van der Waals surface area contributed by atoms with Gasteiger partial charge in [-0.3, -0.25) is 29.2 Å². The number of aromatic hydroxyl groups is 1. The van der Waals surface area contributed by atoms with E-state index in [4.69, 9.17) is 14.5 Å². The van der Waals surface area contributed by atoms with Gasteiger partial charge in [0.15, 0.2) is 0 Å². The van der Waals surface area contributed by atoms with E-state index in [1.165, 1.54) is 9.91 Å². The zero-order chi connectivity index (χ0) is 45.2. The largest absolute Gasteiger partial charge is 0.508 e. The van der Waals surface area contributed by atoms with Crippen LogP contribution in [0.3, 0.4) is 0 Å². The number of hydrazine groups is 1. The molecule has 3 amide bonds. The molecule has 2 aromatic heterocycles. The number of nitrogens with one attached hydrogen (secondary N) is 3. The van der Waals surface area contributed by atoms with E-state index < -0.39 is 41.3 Å². The molecule has 7 rings (SSSR count). The molecule has 0 saturated carbocycles. The van der Waals surface area contributed by atoms with Crippen LogP contribution in [0.15, 0.2) is 54.7 Å². The van der Waals surface area contributed by atoms with Gasteiger partial charge in [0.2, 0.25) is 11.8 Å². The number of nitrogens with zero attached hydrogens (tertiary/aromatic N) is 4. The highest BCUT2D eigenvalue weighted by Crippen LogP contribution is 2.42. The number of methoxy groups -OCH3 is 1. The lowest BCUT2D eigenvalue weighted by Gasteiger charge is -2.37. The summed E-state index contributed by atoms with van der Waals surface area (Å²) in [5.41, 5.74) is 9.73. The Balaban J connectivity index is 1.34. The highest BCUT2D eigenvalue weighted by Gasteiger charge is 2.39. The highest BCUT2D eigenvalue weighted by atomic mass is 16.5. The molecule has 2 fully saturated rings. The molecule has 3 aliphatic heterocycles. The summed E-state index contributed by atoms with van der Waals surface area (Å²) in [6.07, 6.45) is 4.73. The fourth-order valence-corrected chi connectivity index (χ4v) is 9.74. The van der Waals surface area contributed by atoms with Gasteiger partial charge in [-0.2, -0.15) is 0 Å². The van der Waals surface area contributed by atoms with Crippen molar-refractivity contribution in [1.29, 1.82) is 0 Å². The molecule has 2 saturated heterocycles. The number of carbonyl (C=O) groups is 4. The topological polar surface area (TPSA) is 167 Å². The van der Waals surface area contributed by atoms with Crippen LogP contribution in [0, 0.1) is 17.3 Å². The number of phenols is 1. The number of carbonyl (C=O) groups excluding carboxylic acids is 4. The van der Waals surface area contributed by atoms with E-state index in [2.05, 4.69) is 59.6 Å². The number of likely N-dealkylation sites (N-methyl/N-ethyl adjacent to an activating group) is 1. The van der Waals surface area contributed by atoms with Gasteiger partial charge in [0.05, 0.1) is 30.0 Å². The lowest BCUT2D eigenvalue weighted by Crippen LogP contribution is -2.62. The SMILES string of the molecule is CCn1c(-c2cccnc2[C@H](C)OC)c2c3cc(ccc31)-c1cc(O)cc(c1)C[C@H](NC(=O)C(C(C)C)N(C)C(=O)[C@H]1CCCNC1)C(=O)N1CCC[C@H](N1)C(=O)OCC(C)(C)C2. The van der Waals surface area contributed by atoms with Crippen LogP contribution < -0.4 is 16.1 Å². The van der Waals surface area contributed by atoms with Crippen LogP contribution in [0.25, 0.3) is 33.3 Å². The zero-order valence-corrected chi connectivity index (χ0v) is 38.1. The Labute approximate surface area is 371 Å². The van der Waals surface area contributed by atoms with E-state index in [1.807, 2.05) is 39.0 Å². The van der Waals surface area contributed by atoms with Gasteiger partial charge >= 0.3 is 5.97 Å². The molecular weight excluding hydrogens is 799 g/mol. The summed E-state index contributed by atoms with van der Waals surface area (Å²) in [5.74, 6) is -1.94. The Kier molecular flexibility index (Phi) is 13.9. The van der Waals surface area contributed by atoms with Crippen molar-refractivity contribution in [1.82, 2.24) is 35.5 Å². The quantitative estimate of drug-likeness (QED) is 0.148. The van der Waals surface area contributed by atoms with Crippen molar-refractivity contribution >= 4 is 34.6 Å². The summed E-state index contributed by atoms with van der Waals surface area (Å²) in [7, 11) is 3.34. The number of fused-ring (bicyclic) bond motifs is 6. The second-order valence-electron chi connectivity index (χ2n) is 18.7. The third-order valence-corrected chi connectivity index (χ3v) is 13.0. The van der Waals surface area contributed by atoms with Crippen molar-refractivity contribution in [3.05, 3.63) is 71.5 Å². The Bertz CT molecular complexity index is 2330. The first kappa shape index (κ1) is 45.7. The van der Waals surface area contributed by atoms with Gasteiger partial charge in [-0.25, -0.2) is 5.43 Å². The Morgan fingerprint density at radius 3 is 2.59 bits per heavy atom. The van der Waals surface area contributed by atoms with Gasteiger partial charge < -0.3 is 34.7 Å². The number of rotatable bonds is 9. The number of amides is 3. The van der Waals surface area contributed by atoms with Gasteiger partial charge in [-0.15, -0.1) is 0 Å². The number of ether oxygens (including phenoxy) is 2. The number of cyclic esters (lactones) is 1. The van der Waals surface area contributed by atoms with Crippen LogP contribution in [0.2, 0.25) is 0 Å². The number of hydrogen-bond donors (Lipinski definition) is 4. The predicted molar refractivity (Wildman–Crippen MR) is 242 cm³/mol. The number of aryl methyl sites for hydroxylation is 1. The third kappa shape index (κ3) is 9.78. The molecule has 338 valence electrons. The van der Waals surface area contributed by atoms with E-state index >= 15 is 0 Å². The minimum Gasteiger partial charge on any atom is -0.508 e. The monoisotopic (exact) mass is 863 g/mol.